The van der Waals surface area contributed by atoms with Crippen LogP contribution in [0, 0.1) is 6.92 Å². The van der Waals surface area contributed by atoms with Crippen molar-refractivity contribution in [2.75, 3.05) is 31.1 Å². The summed E-state index contributed by atoms with van der Waals surface area (Å²) in [5.41, 5.74) is 2.90. The number of nitrogens with one attached hydrogen (secondary N) is 1. The van der Waals surface area contributed by atoms with Crippen molar-refractivity contribution in [2.24, 2.45) is 0 Å². The summed E-state index contributed by atoms with van der Waals surface area (Å²) >= 11 is 0. The van der Waals surface area contributed by atoms with Gasteiger partial charge < -0.3 is 30.1 Å². The van der Waals surface area contributed by atoms with Crippen LogP contribution in [-0.4, -0.2) is 65.3 Å². The minimum absolute atomic E-state index is 0.109. The number of hydrogen-bond donors (Lipinski definition) is 3. The van der Waals surface area contributed by atoms with Crippen molar-refractivity contribution in [3.63, 3.8) is 0 Å². The van der Waals surface area contributed by atoms with Gasteiger partial charge in [0.05, 0.1) is 0 Å². The van der Waals surface area contributed by atoms with Crippen molar-refractivity contribution in [3.8, 4) is 11.5 Å². The fourth-order valence-corrected chi connectivity index (χ4v) is 4.12. The Labute approximate surface area is 210 Å². The average Bonchev–Trinajstić information content (AvgIpc) is 2.91. The van der Waals surface area contributed by atoms with Gasteiger partial charge in [-0.25, -0.2) is 0 Å². The Kier molecular flexibility index (Phi) is 8.20. The van der Waals surface area contributed by atoms with E-state index in [1.54, 1.807) is 12.1 Å². The van der Waals surface area contributed by atoms with Gasteiger partial charge in [-0.3, -0.25) is 9.59 Å². The summed E-state index contributed by atoms with van der Waals surface area (Å²) in [6.07, 6.45) is -3.69. The third-order valence-corrected chi connectivity index (χ3v) is 6.12. The highest BCUT2D eigenvalue weighted by atomic mass is 16.5. The summed E-state index contributed by atoms with van der Waals surface area (Å²) < 4.78 is 5.87. The quantitative estimate of drug-likeness (QED) is 0.449. The molecule has 3 N–H and O–H groups in total. The number of carbonyl (C=O) groups is 2. The maximum atomic E-state index is 12.7. The largest absolute Gasteiger partial charge is 0.457 e. The maximum absolute atomic E-state index is 12.7. The molecule has 2 amide bonds. The van der Waals surface area contributed by atoms with Gasteiger partial charge in [-0.05, 0) is 54.4 Å². The summed E-state index contributed by atoms with van der Waals surface area (Å²) in [6.45, 7) is 4.09. The molecule has 0 aromatic heterocycles. The highest BCUT2D eigenvalue weighted by Crippen LogP contribution is 2.23. The highest BCUT2D eigenvalue weighted by molar-refractivity contribution is 5.90. The molecular weight excluding hydrogens is 458 g/mol. The molecule has 0 unspecified atom stereocenters. The summed E-state index contributed by atoms with van der Waals surface area (Å²) in [5, 5.41) is 23.3. The van der Waals surface area contributed by atoms with Crippen LogP contribution in [0.2, 0.25) is 0 Å². The molecule has 3 aromatic carbocycles. The monoisotopic (exact) mass is 489 g/mol. The molecular formula is C28H31N3O5. The SMILES string of the molecule is Cc1cccc(Oc2cccc(CNC(=O)[C@H](O)[C@@H](O)C(=O)N3CCN(c4ccccc4)CC3)c2)c1. The lowest BCUT2D eigenvalue weighted by Crippen LogP contribution is -2.55. The lowest BCUT2D eigenvalue weighted by Gasteiger charge is -2.37. The van der Waals surface area contributed by atoms with E-state index < -0.39 is 24.0 Å². The van der Waals surface area contributed by atoms with Crippen molar-refractivity contribution < 1.29 is 24.5 Å². The second-order valence-electron chi connectivity index (χ2n) is 8.82. The molecule has 1 aliphatic rings. The minimum Gasteiger partial charge on any atom is -0.457 e. The molecule has 0 aliphatic carbocycles. The number of amides is 2. The molecule has 0 saturated carbocycles. The van der Waals surface area contributed by atoms with E-state index >= 15 is 0 Å². The van der Waals surface area contributed by atoms with E-state index in [4.69, 9.17) is 4.74 Å². The number of rotatable bonds is 8. The zero-order chi connectivity index (χ0) is 25.5. The van der Waals surface area contributed by atoms with Crippen molar-refractivity contribution in [1.82, 2.24) is 10.2 Å². The Bertz CT molecular complexity index is 1180. The summed E-state index contributed by atoms with van der Waals surface area (Å²) in [5.74, 6) is -0.154. The van der Waals surface area contributed by atoms with E-state index in [9.17, 15) is 19.8 Å². The van der Waals surface area contributed by atoms with Crippen LogP contribution < -0.4 is 15.0 Å². The molecule has 8 nitrogen and oxygen atoms in total. The normalized spacial score (nSPS) is 15.2. The van der Waals surface area contributed by atoms with E-state index in [0.717, 1.165) is 16.8 Å². The molecule has 0 radical (unpaired) electrons. The van der Waals surface area contributed by atoms with Crippen molar-refractivity contribution in [3.05, 3.63) is 90.0 Å². The van der Waals surface area contributed by atoms with Crippen molar-refractivity contribution in [2.45, 2.75) is 25.7 Å². The predicted molar refractivity (Wildman–Crippen MR) is 137 cm³/mol. The number of nitrogens with zero attached hydrogens (tertiary/aromatic N) is 2. The van der Waals surface area contributed by atoms with Crippen molar-refractivity contribution in [1.29, 1.82) is 0 Å². The van der Waals surface area contributed by atoms with Crippen LogP contribution in [0.3, 0.4) is 0 Å². The molecule has 1 fully saturated rings. The zero-order valence-electron chi connectivity index (χ0n) is 20.2. The van der Waals surface area contributed by atoms with Gasteiger partial charge in [0, 0.05) is 38.4 Å². The van der Waals surface area contributed by atoms with E-state index in [1.807, 2.05) is 73.7 Å². The fraction of sp³-hybridized carbons (Fsp3) is 0.286. The molecule has 188 valence electrons. The second kappa shape index (κ2) is 11.7. The number of benzene rings is 3. The number of ether oxygens (including phenoxy) is 1. The first-order valence-electron chi connectivity index (χ1n) is 12.0. The third kappa shape index (κ3) is 6.41. The maximum Gasteiger partial charge on any atom is 0.254 e. The molecule has 1 heterocycles. The van der Waals surface area contributed by atoms with Crippen LogP contribution in [0.5, 0.6) is 11.5 Å². The molecule has 0 spiro atoms. The molecule has 1 aliphatic heterocycles. The standard InChI is InChI=1S/C28H31N3O5/c1-20-7-5-11-23(17-20)36-24-12-6-8-21(18-24)19-29-27(34)25(32)26(33)28(35)31-15-13-30(14-16-31)22-9-3-2-4-10-22/h2-12,17-18,25-26,32-33H,13-16,19H2,1H3,(H,29,34)/t25-,26-/m1/s1. The number of aryl methyl sites for hydroxylation is 1. The molecule has 1 saturated heterocycles. The van der Waals surface area contributed by atoms with Crippen molar-refractivity contribution >= 4 is 17.5 Å². The molecule has 8 heteroatoms. The minimum atomic E-state index is -1.86. The Balaban J connectivity index is 1.26. The van der Waals surface area contributed by atoms with Crippen LogP contribution in [0.1, 0.15) is 11.1 Å². The van der Waals surface area contributed by atoms with Crippen LogP contribution >= 0.6 is 0 Å². The average molecular weight is 490 g/mol. The zero-order valence-corrected chi connectivity index (χ0v) is 20.2. The van der Waals surface area contributed by atoms with E-state index in [2.05, 4.69) is 10.2 Å². The Morgan fingerprint density at radius 3 is 2.22 bits per heavy atom. The van der Waals surface area contributed by atoms with E-state index in [0.29, 0.717) is 37.7 Å². The number of hydrogen-bond acceptors (Lipinski definition) is 6. The second-order valence-corrected chi connectivity index (χ2v) is 8.82. The lowest BCUT2D eigenvalue weighted by molar-refractivity contribution is -0.153. The Morgan fingerprint density at radius 2 is 1.53 bits per heavy atom. The van der Waals surface area contributed by atoms with Gasteiger partial charge in [0.25, 0.3) is 11.8 Å². The van der Waals surface area contributed by atoms with Gasteiger partial charge in [0.15, 0.2) is 12.2 Å². The molecule has 36 heavy (non-hydrogen) atoms. The highest BCUT2D eigenvalue weighted by Gasteiger charge is 2.34. The van der Waals surface area contributed by atoms with Gasteiger partial charge in [0.2, 0.25) is 0 Å². The fourth-order valence-electron chi connectivity index (χ4n) is 4.12. The number of anilines is 1. The number of carbonyl (C=O) groups excluding carboxylic acids is 2. The summed E-state index contributed by atoms with van der Waals surface area (Å²) in [6, 6.07) is 24.7. The van der Waals surface area contributed by atoms with E-state index in [-0.39, 0.29) is 6.54 Å². The topological polar surface area (TPSA) is 102 Å². The number of para-hydroxylation sites is 1. The van der Waals surface area contributed by atoms with Crippen LogP contribution in [0.4, 0.5) is 5.69 Å². The molecule has 0 bridgehead atoms. The van der Waals surface area contributed by atoms with Gasteiger partial charge in [-0.2, -0.15) is 0 Å². The van der Waals surface area contributed by atoms with Gasteiger partial charge >= 0.3 is 0 Å². The predicted octanol–water partition coefficient (Wildman–Crippen LogP) is 2.47. The first kappa shape index (κ1) is 25.2. The third-order valence-electron chi connectivity index (χ3n) is 6.12. The van der Waals surface area contributed by atoms with Gasteiger partial charge in [0.1, 0.15) is 11.5 Å². The van der Waals surface area contributed by atoms with Crippen LogP contribution in [0.25, 0.3) is 0 Å². The van der Waals surface area contributed by atoms with Gasteiger partial charge in [-0.1, -0.05) is 42.5 Å². The summed E-state index contributed by atoms with van der Waals surface area (Å²) in [7, 11) is 0. The molecule has 4 rings (SSSR count). The number of piperazine rings is 1. The summed E-state index contributed by atoms with van der Waals surface area (Å²) in [4.78, 5) is 28.8. The van der Waals surface area contributed by atoms with Gasteiger partial charge in [-0.15, -0.1) is 0 Å². The van der Waals surface area contributed by atoms with E-state index in [1.165, 1.54) is 4.90 Å². The number of aliphatic hydroxyl groups excluding tert-OH is 2. The molecule has 3 aromatic rings. The first-order chi connectivity index (χ1) is 17.4. The first-order valence-corrected chi connectivity index (χ1v) is 12.0. The van der Waals surface area contributed by atoms with Crippen LogP contribution in [0.15, 0.2) is 78.9 Å². The lowest BCUT2D eigenvalue weighted by atomic mass is 10.1. The Morgan fingerprint density at radius 1 is 0.861 bits per heavy atom. The number of aliphatic hydroxyl groups is 2. The Hall–Kier alpha value is -3.88. The smallest absolute Gasteiger partial charge is 0.254 e. The van der Waals surface area contributed by atoms with Crippen LogP contribution in [-0.2, 0) is 16.1 Å². The molecule has 2 atom stereocenters.